The van der Waals surface area contributed by atoms with Crippen LogP contribution in [-0.4, -0.2) is 26.2 Å². The number of hydrogen-bond donors (Lipinski definition) is 2. The van der Waals surface area contributed by atoms with Crippen LogP contribution in [0.4, 0.5) is 0 Å². The van der Waals surface area contributed by atoms with Crippen molar-refractivity contribution in [2.45, 2.75) is 6.92 Å². The maximum atomic E-state index is 12.7. The van der Waals surface area contributed by atoms with Gasteiger partial charge < -0.3 is 4.57 Å². The molecular weight excluding hydrogens is 402 g/mol. The lowest BCUT2D eigenvalue weighted by atomic mass is 10.1. The molecule has 2 amide bonds. The summed E-state index contributed by atoms with van der Waals surface area (Å²) in [4.78, 5) is 25.4. The summed E-state index contributed by atoms with van der Waals surface area (Å²) in [6.07, 6.45) is 3.68. The third-order valence-corrected chi connectivity index (χ3v) is 4.90. The second-order valence-corrected chi connectivity index (χ2v) is 6.87. The maximum absolute atomic E-state index is 12.7. The third-order valence-electron chi connectivity index (χ3n) is 4.55. The summed E-state index contributed by atoms with van der Waals surface area (Å²) < 4.78 is 3.30. The van der Waals surface area contributed by atoms with E-state index in [0.717, 1.165) is 5.69 Å². The van der Waals surface area contributed by atoms with Crippen LogP contribution in [0.3, 0.4) is 0 Å². The smallest absolute Gasteiger partial charge is 0.274 e. The third kappa shape index (κ3) is 3.70. The van der Waals surface area contributed by atoms with E-state index in [9.17, 15) is 9.59 Å². The highest BCUT2D eigenvalue weighted by Crippen LogP contribution is 2.23. The first kappa shape index (κ1) is 19.5. The summed E-state index contributed by atoms with van der Waals surface area (Å²) in [7, 11) is 0. The Morgan fingerprint density at radius 2 is 1.50 bits per heavy atom. The number of benzene rings is 2. The van der Waals surface area contributed by atoms with Crippen molar-refractivity contribution in [3.63, 3.8) is 0 Å². The van der Waals surface area contributed by atoms with Crippen LogP contribution in [0.25, 0.3) is 11.4 Å². The fourth-order valence-corrected chi connectivity index (χ4v) is 3.48. The number of halogens is 1. The zero-order valence-electron chi connectivity index (χ0n) is 16.0. The molecule has 0 unspecified atom stereocenters. The largest absolute Gasteiger partial charge is 0.323 e. The van der Waals surface area contributed by atoms with Gasteiger partial charge in [-0.05, 0) is 43.3 Å². The number of nitrogens with one attached hydrogen (secondary N) is 2. The summed E-state index contributed by atoms with van der Waals surface area (Å²) in [5.74, 6) is -0.997. The highest BCUT2D eigenvalue weighted by Gasteiger charge is 2.22. The Bertz CT molecular complexity index is 1200. The summed E-state index contributed by atoms with van der Waals surface area (Å²) in [5.41, 5.74) is 7.37. The molecule has 0 aliphatic heterocycles. The van der Waals surface area contributed by atoms with Gasteiger partial charge in [0.1, 0.15) is 10.7 Å². The predicted octanol–water partition coefficient (Wildman–Crippen LogP) is 3.70. The molecule has 30 heavy (non-hydrogen) atoms. The molecule has 0 aliphatic carbocycles. The number of rotatable bonds is 4. The Morgan fingerprint density at radius 1 is 0.867 bits per heavy atom. The number of hydrogen-bond acceptors (Lipinski definition) is 3. The minimum absolute atomic E-state index is 0.165. The zero-order chi connectivity index (χ0) is 21.1. The van der Waals surface area contributed by atoms with Crippen LogP contribution >= 0.6 is 11.6 Å². The van der Waals surface area contributed by atoms with E-state index in [1.807, 2.05) is 71.6 Å². The van der Waals surface area contributed by atoms with E-state index in [-0.39, 0.29) is 10.7 Å². The molecule has 2 aromatic carbocycles. The molecule has 2 N–H and O–H groups in total. The van der Waals surface area contributed by atoms with Crippen molar-refractivity contribution in [1.82, 2.24) is 25.2 Å². The first-order valence-electron chi connectivity index (χ1n) is 9.20. The number of para-hydroxylation sites is 2. The van der Waals surface area contributed by atoms with E-state index in [1.165, 1.54) is 4.68 Å². The minimum atomic E-state index is -0.550. The second-order valence-electron chi connectivity index (χ2n) is 6.51. The summed E-state index contributed by atoms with van der Waals surface area (Å²) in [6, 6.07) is 20.1. The van der Waals surface area contributed by atoms with Crippen molar-refractivity contribution in [2.75, 3.05) is 0 Å². The summed E-state index contributed by atoms with van der Waals surface area (Å²) in [5, 5.41) is 4.51. The Morgan fingerprint density at radius 3 is 2.23 bits per heavy atom. The molecule has 0 bridgehead atoms. The summed E-state index contributed by atoms with van der Waals surface area (Å²) >= 11 is 6.41. The Kier molecular flexibility index (Phi) is 5.36. The Labute approximate surface area is 177 Å². The van der Waals surface area contributed by atoms with Crippen molar-refractivity contribution in [1.29, 1.82) is 0 Å². The lowest BCUT2D eigenvalue weighted by molar-refractivity contribution is 0.0846. The van der Waals surface area contributed by atoms with Gasteiger partial charge in [-0.1, -0.05) is 41.9 Å². The molecule has 4 rings (SSSR count). The molecular formula is C22H18ClN5O2. The zero-order valence-corrected chi connectivity index (χ0v) is 16.8. The van der Waals surface area contributed by atoms with Crippen LogP contribution in [0.2, 0.25) is 5.15 Å². The fraction of sp³-hybridized carbons (Fsp3) is 0.0455. The first-order valence-corrected chi connectivity index (χ1v) is 9.57. The van der Waals surface area contributed by atoms with E-state index in [1.54, 1.807) is 19.1 Å². The number of aryl methyl sites for hydroxylation is 1. The van der Waals surface area contributed by atoms with E-state index < -0.39 is 11.8 Å². The minimum Gasteiger partial charge on any atom is -0.323 e. The molecule has 0 saturated carbocycles. The fourth-order valence-electron chi connectivity index (χ4n) is 3.13. The van der Waals surface area contributed by atoms with Crippen LogP contribution < -0.4 is 10.9 Å². The van der Waals surface area contributed by atoms with Crippen LogP contribution in [0.5, 0.6) is 0 Å². The number of aromatic nitrogens is 3. The quantitative estimate of drug-likeness (QED) is 0.495. The molecule has 0 aliphatic rings. The molecule has 0 atom stereocenters. The lowest BCUT2D eigenvalue weighted by Crippen LogP contribution is -2.42. The molecule has 0 fully saturated rings. The predicted molar refractivity (Wildman–Crippen MR) is 114 cm³/mol. The molecule has 0 spiro atoms. The van der Waals surface area contributed by atoms with Crippen LogP contribution in [0.1, 0.15) is 26.4 Å². The first-order chi connectivity index (χ1) is 14.6. The Balaban J connectivity index is 1.53. The van der Waals surface area contributed by atoms with Crippen molar-refractivity contribution >= 4 is 23.4 Å². The van der Waals surface area contributed by atoms with Gasteiger partial charge in [0.25, 0.3) is 11.8 Å². The van der Waals surface area contributed by atoms with Crippen LogP contribution in [0.15, 0.2) is 79.1 Å². The van der Waals surface area contributed by atoms with Crippen molar-refractivity contribution in [3.05, 3.63) is 101 Å². The van der Waals surface area contributed by atoms with Crippen molar-refractivity contribution in [2.24, 2.45) is 0 Å². The van der Waals surface area contributed by atoms with Gasteiger partial charge in [0.2, 0.25) is 0 Å². The monoisotopic (exact) mass is 419 g/mol. The highest BCUT2D eigenvalue weighted by atomic mass is 35.5. The van der Waals surface area contributed by atoms with Gasteiger partial charge in [-0.25, -0.2) is 4.68 Å². The Hall–Kier alpha value is -3.84. The molecule has 0 saturated heterocycles. The second kappa shape index (κ2) is 8.26. The van der Waals surface area contributed by atoms with E-state index in [2.05, 4.69) is 16.0 Å². The van der Waals surface area contributed by atoms with E-state index in [4.69, 9.17) is 11.6 Å². The number of amides is 2. The molecule has 2 heterocycles. The van der Waals surface area contributed by atoms with E-state index in [0.29, 0.717) is 16.9 Å². The topological polar surface area (TPSA) is 81.0 Å². The van der Waals surface area contributed by atoms with E-state index >= 15 is 0 Å². The normalized spacial score (nSPS) is 10.6. The standard InChI is InChI=1S/C22H18ClN5O2/c1-15-19(20(23)28(26-15)16-9-3-2-4-10-16)22(30)25-24-21(29)17-11-5-6-12-18(17)27-13-7-8-14-27/h2-14H,1H3,(H,24,29)(H,25,30). The van der Waals surface area contributed by atoms with Crippen molar-refractivity contribution in [3.8, 4) is 11.4 Å². The van der Waals surface area contributed by atoms with Gasteiger partial charge in [-0.15, -0.1) is 0 Å². The SMILES string of the molecule is Cc1nn(-c2ccccc2)c(Cl)c1C(=O)NNC(=O)c1ccccc1-n1cccc1. The molecule has 8 heteroatoms. The van der Waals surface area contributed by atoms with Gasteiger partial charge in [0, 0.05) is 12.4 Å². The number of nitrogens with zero attached hydrogens (tertiary/aromatic N) is 3. The van der Waals surface area contributed by atoms with Crippen LogP contribution in [-0.2, 0) is 0 Å². The van der Waals surface area contributed by atoms with Gasteiger partial charge in [-0.3, -0.25) is 20.4 Å². The molecule has 4 aromatic rings. The van der Waals surface area contributed by atoms with Crippen LogP contribution in [0, 0.1) is 6.92 Å². The van der Waals surface area contributed by atoms with Gasteiger partial charge in [0.15, 0.2) is 0 Å². The number of carbonyl (C=O) groups is 2. The summed E-state index contributed by atoms with van der Waals surface area (Å²) in [6.45, 7) is 1.68. The molecule has 7 nitrogen and oxygen atoms in total. The maximum Gasteiger partial charge on any atom is 0.274 e. The van der Waals surface area contributed by atoms with Gasteiger partial charge in [-0.2, -0.15) is 5.10 Å². The lowest BCUT2D eigenvalue weighted by Gasteiger charge is -2.12. The molecule has 2 aromatic heterocycles. The van der Waals surface area contributed by atoms with Crippen molar-refractivity contribution < 1.29 is 9.59 Å². The van der Waals surface area contributed by atoms with Gasteiger partial charge in [0.05, 0.1) is 22.6 Å². The highest BCUT2D eigenvalue weighted by molar-refractivity contribution is 6.33. The number of hydrazine groups is 1. The average Bonchev–Trinajstić information content (AvgIpc) is 3.40. The number of carbonyl (C=O) groups excluding carboxylic acids is 2. The van der Waals surface area contributed by atoms with Gasteiger partial charge >= 0.3 is 0 Å². The molecule has 150 valence electrons. The molecule has 0 radical (unpaired) electrons. The average molecular weight is 420 g/mol.